The summed E-state index contributed by atoms with van der Waals surface area (Å²) in [6, 6.07) is 17.4. The fourth-order valence-corrected chi connectivity index (χ4v) is 3.18. The van der Waals surface area contributed by atoms with E-state index in [1.54, 1.807) is 24.3 Å². The Kier molecular flexibility index (Phi) is 7.28. The first-order chi connectivity index (χ1) is 13.3. The summed E-state index contributed by atoms with van der Waals surface area (Å²) in [6.45, 7) is 1.94. The number of methoxy groups -OCH3 is 1. The fraction of sp³-hybridized carbons (Fsp3) is 0.0952. The first kappa shape index (κ1) is 22.7. The van der Waals surface area contributed by atoms with E-state index in [2.05, 4.69) is 0 Å². The van der Waals surface area contributed by atoms with E-state index in [0.717, 1.165) is 11.6 Å². The molecule has 0 radical (unpaired) electrons. The summed E-state index contributed by atoms with van der Waals surface area (Å²) in [6.07, 6.45) is 0. The normalized spacial score (nSPS) is 10.7. The van der Waals surface area contributed by atoms with Crippen LogP contribution in [0.3, 0.4) is 0 Å². The molecule has 0 unspecified atom stereocenters. The molecule has 0 aliphatic rings. The van der Waals surface area contributed by atoms with Gasteiger partial charge >= 0.3 is 18.9 Å². The van der Waals surface area contributed by atoms with Gasteiger partial charge in [-0.1, -0.05) is 29.8 Å². The molecule has 3 rings (SSSR count). The number of hydrogen-bond donors (Lipinski definition) is 0. The molecule has 0 N–H and O–H groups in total. The molecule has 3 aromatic rings. The Bertz CT molecular complexity index is 1110. The van der Waals surface area contributed by atoms with E-state index >= 15 is 0 Å². The van der Waals surface area contributed by atoms with Gasteiger partial charge in [0.2, 0.25) is 0 Å². The van der Waals surface area contributed by atoms with Crippen LogP contribution in [0.2, 0.25) is 0 Å². The van der Waals surface area contributed by atoms with Crippen molar-refractivity contribution in [1.29, 1.82) is 0 Å². The third-order valence-corrected chi connectivity index (χ3v) is 4.94. The molecule has 0 aliphatic heterocycles. The average molecular weight is 404 g/mol. The molecule has 6 nitrogen and oxygen atoms in total. The smallest absolute Gasteiger partial charge is 0.744 e. The maximum Gasteiger partial charge on any atom is 1.00 e. The standard InChI is InChI=1S/C21H18O6S.Li/c1-14-3-5-15(6-4-14)21(22)16-7-9-17(10-8-16)27-19-12-11-18(26-2)13-20(19)28(23,24)25;/h3-13H,1-2H3,(H,23,24,25);/q;+1/p-1. The molecule has 0 bridgehead atoms. The van der Waals surface area contributed by atoms with E-state index in [1.807, 2.05) is 19.1 Å². The molecular formula is C21H17LiO6S. The summed E-state index contributed by atoms with van der Waals surface area (Å²) in [5.41, 5.74) is 2.08. The monoisotopic (exact) mass is 404 g/mol. The SMILES string of the molecule is COc1ccc(Oc2ccc(C(=O)c3ccc(C)cc3)cc2)c(S(=O)(=O)[O-])c1.[Li+]. The Morgan fingerprint density at radius 2 is 1.38 bits per heavy atom. The van der Waals surface area contributed by atoms with Gasteiger partial charge in [-0.2, -0.15) is 0 Å². The molecule has 0 amide bonds. The van der Waals surface area contributed by atoms with Gasteiger partial charge in [-0.05, 0) is 43.3 Å². The summed E-state index contributed by atoms with van der Waals surface area (Å²) in [5, 5.41) is 0. The van der Waals surface area contributed by atoms with Crippen molar-refractivity contribution in [2.45, 2.75) is 11.8 Å². The Morgan fingerprint density at radius 1 is 0.862 bits per heavy atom. The maximum atomic E-state index is 12.5. The van der Waals surface area contributed by atoms with E-state index in [0.29, 0.717) is 11.1 Å². The molecule has 0 aromatic heterocycles. The van der Waals surface area contributed by atoms with Gasteiger partial charge < -0.3 is 14.0 Å². The zero-order chi connectivity index (χ0) is 20.3. The van der Waals surface area contributed by atoms with Crippen LogP contribution in [0.5, 0.6) is 17.2 Å². The van der Waals surface area contributed by atoms with Gasteiger partial charge in [0.1, 0.15) is 32.3 Å². The molecule has 0 atom stereocenters. The average Bonchev–Trinajstić information content (AvgIpc) is 2.68. The number of ether oxygens (including phenoxy) is 2. The van der Waals surface area contributed by atoms with Gasteiger partial charge in [0.05, 0.1) is 7.11 Å². The zero-order valence-corrected chi connectivity index (χ0v) is 17.0. The predicted octanol–water partition coefficient (Wildman–Crippen LogP) is 0.935. The van der Waals surface area contributed by atoms with Crippen molar-refractivity contribution in [2.75, 3.05) is 7.11 Å². The number of rotatable bonds is 6. The summed E-state index contributed by atoms with van der Waals surface area (Å²) in [5.74, 6) is 0.253. The Balaban J connectivity index is 0.00000300. The van der Waals surface area contributed by atoms with Crippen LogP contribution in [-0.2, 0) is 10.1 Å². The van der Waals surface area contributed by atoms with Crippen LogP contribution < -0.4 is 28.3 Å². The number of aryl methyl sites for hydroxylation is 1. The Labute approximate surface area is 181 Å². The van der Waals surface area contributed by atoms with Gasteiger partial charge in [-0.3, -0.25) is 4.79 Å². The Hall–Kier alpha value is -2.56. The Morgan fingerprint density at radius 3 is 1.90 bits per heavy atom. The molecule has 144 valence electrons. The van der Waals surface area contributed by atoms with E-state index in [1.165, 1.54) is 31.4 Å². The molecule has 29 heavy (non-hydrogen) atoms. The number of benzene rings is 3. The molecule has 0 saturated carbocycles. The van der Waals surface area contributed by atoms with Crippen LogP contribution in [-0.4, -0.2) is 25.9 Å². The zero-order valence-electron chi connectivity index (χ0n) is 16.2. The van der Waals surface area contributed by atoms with Crippen LogP contribution in [0.15, 0.2) is 71.6 Å². The molecule has 8 heteroatoms. The van der Waals surface area contributed by atoms with Gasteiger partial charge in [0.25, 0.3) is 0 Å². The van der Waals surface area contributed by atoms with Gasteiger partial charge in [0, 0.05) is 17.2 Å². The van der Waals surface area contributed by atoms with E-state index < -0.39 is 15.0 Å². The summed E-state index contributed by atoms with van der Waals surface area (Å²) >= 11 is 0. The van der Waals surface area contributed by atoms with Crippen molar-refractivity contribution in [1.82, 2.24) is 0 Å². The van der Waals surface area contributed by atoms with Crippen molar-refractivity contribution in [3.05, 3.63) is 83.4 Å². The number of carbonyl (C=O) groups excluding carboxylic acids is 1. The second-order valence-corrected chi connectivity index (χ2v) is 7.44. The van der Waals surface area contributed by atoms with E-state index in [-0.39, 0.29) is 41.9 Å². The number of hydrogen-bond acceptors (Lipinski definition) is 6. The molecule has 3 aromatic carbocycles. The fourth-order valence-electron chi connectivity index (χ4n) is 2.57. The minimum Gasteiger partial charge on any atom is -0.744 e. The molecular weight excluding hydrogens is 387 g/mol. The largest absolute Gasteiger partial charge is 1.00 e. The molecule has 0 saturated heterocycles. The van der Waals surface area contributed by atoms with Crippen LogP contribution in [0.1, 0.15) is 21.5 Å². The van der Waals surface area contributed by atoms with Crippen molar-refractivity contribution >= 4 is 15.9 Å². The summed E-state index contributed by atoms with van der Waals surface area (Å²) in [4.78, 5) is 12.0. The van der Waals surface area contributed by atoms with Crippen LogP contribution in [0.4, 0.5) is 0 Å². The third-order valence-electron chi connectivity index (χ3n) is 4.08. The third kappa shape index (κ3) is 5.49. The van der Waals surface area contributed by atoms with Crippen LogP contribution in [0.25, 0.3) is 0 Å². The van der Waals surface area contributed by atoms with Crippen molar-refractivity contribution in [3.8, 4) is 17.2 Å². The minimum absolute atomic E-state index is 0. The second-order valence-electron chi connectivity index (χ2n) is 6.09. The van der Waals surface area contributed by atoms with E-state index in [4.69, 9.17) is 9.47 Å². The molecule has 0 aliphatic carbocycles. The number of carbonyl (C=O) groups is 1. The topological polar surface area (TPSA) is 92.7 Å². The van der Waals surface area contributed by atoms with Crippen LogP contribution >= 0.6 is 0 Å². The first-order valence-corrected chi connectivity index (χ1v) is 9.72. The van der Waals surface area contributed by atoms with Gasteiger partial charge in [-0.15, -0.1) is 0 Å². The first-order valence-electron chi connectivity index (χ1n) is 8.31. The second kappa shape index (κ2) is 9.29. The minimum atomic E-state index is -4.76. The quantitative estimate of drug-likeness (QED) is 0.345. The van der Waals surface area contributed by atoms with Crippen LogP contribution in [0, 0.1) is 6.92 Å². The number of ketones is 1. The molecule has 0 spiro atoms. The molecule has 0 fully saturated rings. The van der Waals surface area contributed by atoms with Crippen molar-refractivity contribution < 1.29 is 46.1 Å². The van der Waals surface area contributed by atoms with Gasteiger partial charge in [0.15, 0.2) is 5.78 Å². The van der Waals surface area contributed by atoms with Crippen molar-refractivity contribution in [2.24, 2.45) is 0 Å². The molecule has 0 heterocycles. The summed E-state index contributed by atoms with van der Waals surface area (Å²) in [7, 11) is -3.39. The summed E-state index contributed by atoms with van der Waals surface area (Å²) < 4.78 is 45.0. The predicted molar refractivity (Wildman–Crippen MR) is 102 cm³/mol. The van der Waals surface area contributed by atoms with Gasteiger partial charge in [-0.25, -0.2) is 8.42 Å². The van der Waals surface area contributed by atoms with E-state index in [9.17, 15) is 17.8 Å². The maximum absolute atomic E-state index is 12.5. The van der Waals surface area contributed by atoms with Crippen molar-refractivity contribution in [3.63, 3.8) is 0 Å².